The highest BCUT2D eigenvalue weighted by Crippen LogP contribution is 2.44. The minimum absolute atomic E-state index is 0.178. The van der Waals surface area contributed by atoms with Gasteiger partial charge in [0.1, 0.15) is 5.00 Å². The zero-order chi connectivity index (χ0) is 25.6. The number of nitrogens with zero attached hydrogens (tertiary/aromatic N) is 1. The van der Waals surface area contributed by atoms with Gasteiger partial charge in [-0.2, -0.15) is 0 Å². The third-order valence-electron chi connectivity index (χ3n) is 7.06. The fourth-order valence-corrected chi connectivity index (χ4v) is 6.57. The number of aromatic nitrogens is 1. The smallest absolute Gasteiger partial charge is 0.257 e. The third-order valence-corrected chi connectivity index (χ3v) is 8.76. The first kappa shape index (κ1) is 24.7. The van der Waals surface area contributed by atoms with Crippen molar-refractivity contribution in [2.45, 2.75) is 40.0 Å². The Labute approximate surface area is 223 Å². The van der Waals surface area contributed by atoms with Crippen molar-refractivity contribution in [1.82, 2.24) is 4.98 Å². The van der Waals surface area contributed by atoms with Crippen LogP contribution in [0, 0.1) is 11.3 Å². The highest BCUT2D eigenvalue weighted by molar-refractivity contribution is 9.10. The Morgan fingerprint density at radius 1 is 1.11 bits per heavy atom. The summed E-state index contributed by atoms with van der Waals surface area (Å²) in [5, 5.41) is 4.34. The lowest BCUT2D eigenvalue weighted by molar-refractivity contribution is 0.1000. The molecule has 1 aliphatic carbocycles. The van der Waals surface area contributed by atoms with Crippen LogP contribution in [0.4, 0.5) is 5.00 Å². The number of nitrogens with one attached hydrogen (secondary N) is 1. The first-order valence-electron chi connectivity index (χ1n) is 12.0. The predicted molar refractivity (Wildman–Crippen MR) is 151 cm³/mol. The van der Waals surface area contributed by atoms with Crippen molar-refractivity contribution < 1.29 is 9.59 Å². The number of fused-ring (bicyclic) bond motifs is 2. The fourth-order valence-electron chi connectivity index (χ4n) is 4.98. The summed E-state index contributed by atoms with van der Waals surface area (Å²) in [6, 6.07) is 17.2. The van der Waals surface area contributed by atoms with E-state index in [2.05, 4.69) is 42.0 Å². The summed E-state index contributed by atoms with van der Waals surface area (Å²) >= 11 is 4.96. The molecule has 0 aliphatic heterocycles. The number of halogens is 1. The third kappa shape index (κ3) is 4.70. The van der Waals surface area contributed by atoms with E-state index < -0.39 is 5.91 Å². The summed E-state index contributed by atoms with van der Waals surface area (Å²) in [7, 11) is 0. The van der Waals surface area contributed by atoms with Gasteiger partial charge in [-0.15, -0.1) is 11.3 Å². The van der Waals surface area contributed by atoms with Crippen LogP contribution in [-0.4, -0.2) is 16.8 Å². The molecule has 2 aromatic carbocycles. The minimum Gasteiger partial charge on any atom is -0.365 e. The molecule has 2 heterocycles. The molecule has 0 saturated carbocycles. The molecule has 36 heavy (non-hydrogen) atoms. The highest BCUT2D eigenvalue weighted by atomic mass is 79.9. The average Bonchev–Trinajstić information content (AvgIpc) is 3.20. The average molecular weight is 563 g/mol. The SMILES string of the molecule is CC(C)(C)[C@H]1CCc2c(sc(NC(=O)c3cc(-c4ccc(Br)cc4)nc4ccccc34)c2C(N)=O)C1. The van der Waals surface area contributed by atoms with Crippen molar-refractivity contribution in [3.8, 4) is 11.3 Å². The number of carbonyl (C=O) groups excluding carboxylic acids is 2. The number of primary amides is 1. The molecule has 0 radical (unpaired) electrons. The standard InChI is InChI=1S/C29H28BrN3O2S/c1-29(2,3)17-10-13-20-24(14-17)36-28(25(20)26(31)34)33-27(35)21-15-23(16-8-11-18(30)12-9-16)32-22-7-5-4-6-19(21)22/h4-9,11-12,15,17H,10,13-14H2,1-3H3,(H2,31,34)(H,33,35)/t17-/m0/s1. The monoisotopic (exact) mass is 561 g/mol. The topological polar surface area (TPSA) is 85.1 Å². The van der Waals surface area contributed by atoms with Crippen LogP contribution in [0.3, 0.4) is 0 Å². The van der Waals surface area contributed by atoms with Gasteiger partial charge in [0, 0.05) is 20.3 Å². The van der Waals surface area contributed by atoms with Crippen molar-refractivity contribution in [2.24, 2.45) is 17.1 Å². The van der Waals surface area contributed by atoms with Gasteiger partial charge in [-0.1, -0.05) is 67.0 Å². The number of pyridine rings is 1. The molecule has 1 aliphatic rings. The van der Waals surface area contributed by atoms with Gasteiger partial charge in [0.2, 0.25) is 0 Å². The van der Waals surface area contributed by atoms with Crippen molar-refractivity contribution in [2.75, 3.05) is 5.32 Å². The summed E-state index contributed by atoms with van der Waals surface area (Å²) in [6.07, 6.45) is 2.70. The van der Waals surface area contributed by atoms with E-state index in [-0.39, 0.29) is 11.3 Å². The van der Waals surface area contributed by atoms with E-state index >= 15 is 0 Å². The predicted octanol–water partition coefficient (Wildman–Crippen LogP) is 7.23. The van der Waals surface area contributed by atoms with Crippen LogP contribution < -0.4 is 11.1 Å². The maximum atomic E-state index is 13.7. The van der Waals surface area contributed by atoms with E-state index in [4.69, 9.17) is 10.7 Å². The second-order valence-corrected chi connectivity index (χ2v) is 12.4. The quantitative estimate of drug-likeness (QED) is 0.275. The normalized spacial score (nSPS) is 15.5. The van der Waals surface area contributed by atoms with Gasteiger partial charge < -0.3 is 11.1 Å². The number of hydrogen-bond acceptors (Lipinski definition) is 4. The number of carbonyl (C=O) groups is 2. The van der Waals surface area contributed by atoms with E-state index in [9.17, 15) is 9.59 Å². The summed E-state index contributed by atoms with van der Waals surface area (Å²) < 4.78 is 0.972. The highest BCUT2D eigenvalue weighted by Gasteiger charge is 2.33. The molecule has 7 heteroatoms. The number of rotatable bonds is 4. The Balaban J connectivity index is 1.55. The lowest BCUT2D eigenvalue weighted by Crippen LogP contribution is -2.27. The summed E-state index contributed by atoms with van der Waals surface area (Å²) in [6.45, 7) is 6.77. The molecule has 0 fully saturated rings. The zero-order valence-corrected chi connectivity index (χ0v) is 22.9. The number of para-hydroxylation sites is 1. The molecular formula is C29H28BrN3O2S. The lowest BCUT2D eigenvalue weighted by atomic mass is 9.72. The Bertz CT molecular complexity index is 1490. The Morgan fingerprint density at radius 2 is 1.83 bits per heavy atom. The zero-order valence-electron chi connectivity index (χ0n) is 20.5. The van der Waals surface area contributed by atoms with Gasteiger partial charge in [-0.25, -0.2) is 4.98 Å². The largest absolute Gasteiger partial charge is 0.365 e. The summed E-state index contributed by atoms with van der Waals surface area (Å²) in [5.74, 6) is -0.252. The van der Waals surface area contributed by atoms with Gasteiger partial charge in [0.25, 0.3) is 11.8 Å². The number of nitrogens with two attached hydrogens (primary N) is 1. The van der Waals surface area contributed by atoms with E-state index in [1.807, 2.05) is 54.6 Å². The van der Waals surface area contributed by atoms with E-state index in [0.29, 0.717) is 27.7 Å². The maximum absolute atomic E-state index is 13.7. The van der Waals surface area contributed by atoms with Crippen molar-refractivity contribution in [3.05, 3.63) is 80.6 Å². The van der Waals surface area contributed by atoms with Crippen LogP contribution >= 0.6 is 27.3 Å². The van der Waals surface area contributed by atoms with Crippen molar-refractivity contribution >= 4 is 55.0 Å². The molecule has 0 unspecified atom stereocenters. The van der Waals surface area contributed by atoms with Crippen LogP contribution in [-0.2, 0) is 12.8 Å². The Morgan fingerprint density at radius 3 is 2.53 bits per heavy atom. The first-order valence-corrected chi connectivity index (χ1v) is 13.6. The van der Waals surface area contributed by atoms with Gasteiger partial charge in [0.15, 0.2) is 0 Å². The number of thiophene rings is 1. The van der Waals surface area contributed by atoms with Crippen molar-refractivity contribution in [3.63, 3.8) is 0 Å². The Kier molecular flexibility index (Phi) is 6.47. The molecule has 2 aromatic heterocycles. The van der Waals surface area contributed by atoms with Crippen molar-refractivity contribution in [1.29, 1.82) is 0 Å². The van der Waals surface area contributed by atoms with Gasteiger partial charge in [-0.3, -0.25) is 9.59 Å². The molecule has 0 spiro atoms. The van der Waals surface area contributed by atoms with E-state index in [1.165, 1.54) is 11.3 Å². The van der Waals surface area contributed by atoms with Gasteiger partial charge in [0.05, 0.1) is 22.3 Å². The maximum Gasteiger partial charge on any atom is 0.257 e. The second-order valence-electron chi connectivity index (χ2n) is 10.4. The molecule has 0 saturated heterocycles. The molecule has 0 bridgehead atoms. The molecule has 2 amide bonds. The Hall–Kier alpha value is -3.03. The molecule has 5 rings (SSSR count). The molecule has 1 atom stereocenters. The molecular weight excluding hydrogens is 534 g/mol. The van der Waals surface area contributed by atoms with Crippen LogP contribution in [0.5, 0.6) is 0 Å². The van der Waals surface area contributed by atoms with Crippen LogP contribution in [0.1, 0.15) is 58.3 Å². The van der Waals surface area contributed by atoms with Crippen LogP contribution in [0.2, 0.25) is 0 Å². The first-order chi connectivity index (χ1) is 17.1. The molecule has 5 nitrogen and oxygen atoms in total. The minimum atomic E-state index is -0.493. The second kappa shape index (κ2) is 9.45. The number of amides is 2. The molecule has 4 aromatic rings. The summed E-state index contributed by atoms with van der Waals surface area (Å²) in [4.78, 5) is 32.1. The van der Waals surface area contributed by atoms with Crippen LogP contribution in [0.15, 0.2) is 59.1 Å². The lowest BCUT2D eigenvalue weighted by Gasteiger charge is -2.33. The van der Waals surface area contributed by atoms with Gasteiger partial charge >= 0.3 is 0 Å². The number of benzene rings is 2. The number of hydrogen-bond donors (Lipinski definition) is 2. The van der Waals surface area contributed by atoms with E-state index in [0.717, 1.165) is 50.6 Å². The van der Waals surface area contributed by atoms with Crippen LogP contribution in [0.25, 0.3) is 22.2 Å². The van der Waals surface area contributed by atoms with E-state index in [1.54, 1.807) is 0 Å². The molecule has 184 valence electrons. The van der Waals surface area contributed by atoms with Gasteiger partial charge in [-0.05, 0) is 60.4 Å². The molecule has 3 N–H and O–H groups in total. The fraction of sp³-hybridized carbons (Fsp3) is 0.276. The number of anilines is 1. The summed E-state index contributed by atoms with van der Waals surface area (Å²) in [5.41, 5.74) is 10.3.